The van der Waals surface area contributed by atoms with Crippen LogP contribution in [-0.4, -0.2) is 45.5 Å². The molecule has 1 aliphatic heterocycles. The zero-order valence-electron chi connectivity index (χ0n) is 19.7. The number of amides is 3. The minimum absolute atomic E-state index is 0.127. The third-order valence-electron chi connectivity index (χ3n) is 5.14. The summed E-state index contributed by atoms with van der Waals surface area (Å²) in [7, 11) is 1.43. The summed E-state index contributed by atoms with van der Waals surface area (Å²) < 4.78 is 11.0. The lowest BCUT2D eigenvalue weighted by molar-refractivity contribution is -0.385. The Morgan fingerprint density at radius 1 is 1.14 bits per heavy atom. The van der Waals surface area contributed by atoms with Gasteiger partial charge in [0.2, 0.25) is 11.8 Å². The Balaban J connectivity index is 1.45. The zero-order chi connectivity index (χ0) is 26.5. The van der Waals surface area contributed by atoms with Crippen molar-refractivity contribution in [3.63, 3.8) is 0 Å². The van der Waals surface area contributed by atoms with Gasteiger partial charge in [0.05, 0.1) is 16.9 Å². The van der Waals surface area contributed by atoms with Crippen LogP contribution in [0.3, 0.4) is 0 Å². The van der Waals surface area contributed by atoms with Gasteiger partial charge in [-0.05, 0) is 54.6 Å². The fraction of sp³-hybridized carbons (Fsp3) is 0.120. The number of methoxy groups -OCH3 is 1. The topological polar surface area (TPSA) is 141 Å². The van der Waals surface area contributed by atoms with Crippen LogP contribution in [-0.2, 0) is 9.59 Å². The SMILES string of the molecule is COc1cc(C=C2SC(=O)N(CC(=O)Nc3ccc(C)cc3)C2=O)ccc1Oc1ccc([N+](=O)[O-])cn1. The van der Waals surface area contributed by atoms with Gasteiger partial charge < -0.3 is 14.8 Å². The zero-order valence-corrected chi connectivity index (χ0v) is 20.5. The van der Waals surface area contributed by atoms with Crippen molar-refractivity contribution in [2.45, 2.75) is 6.92 Å². The number of hydrogen-bond donors (Lipinski definition) is 1. The van der Waals surface area contributed by atoms with E-state index in [1.165, 1.54) is 25.3 Å². The second kappa shape index (κ2) is 10.9. The van der Waals surface area contributed by atoms with E-state index in [2.05, 4.69) is 10.3 Å². The summed E-state index contributed by atoms with van der Waals surface area (Å²) in [5, 5.41) is 12.9. The van der Waals surface area contributed by atoms with Gasteiger partial charge in [-0.3, -0.25) is 29.4 Å². The van der Waals surface area contributed by atoms with E-state index in [1.807, 2.05) is 19.1 Å². The number of aromatic nitrogens is 1. The number of rotatable bonds is 8. The van der Waals surface area contributed by atoms with Crippen LogP contribution < -0.4 is 14.8 Å². The molecule has 0 atom stereocenters. The largest absolute Gasteiger partial charge is 0.493 e. The van der Waals surface area contributed by atoms with E-state index in [9.17, 15) is 24.5 Å². The third kappa shape index (κ3) is 6.11. The van der Waals surface area contributed by atoms with E-state index in [1.54, 1.807) is 30.3 Å². The first-order chi connectivity index (χ1) is 17.7. The molecule has 1 fully saturated rings. The van der Waals surface area contributed by atoms with Crippen LogP contribution in [0.4, 0.5) is 16.2 Å². The van der Waals surface area contributed by atoms with Crippen molar-refractivity contribution in [2.24, 2.45) is 0 Å². The molecule has 1 saturated heterocycles. The Morgan fingerprint density at radius 2 is 1.89 bits per heavy atom. The van der Waals surface area contributed by atoms with Crippen LogP contribution in [0.15, 0.2) is 65.7 Å². The van der Waals surface area contributed by atoms with Crippen LogP contribution in [0.1, 0.15) is 11.1 Å². The number of ether oxygens (including phenoxy) is 2. The molecular formula is C25H20N4O7S. The number of hydrogen-bond acceptors (Lipinski definition) is 9. The van der Waals surface area contributed by atoms with E-state index in [-0.39, 0.29) is 16.5 Å². The van der Waals surface area contributed by atoms with Crippen molar-refractivity contribution in [3.05, 3.63) is 86.9 Å². The molecule has 0 bridgehead atoms. The summed E-state index contributed by atoms with van der Waals surface area (Å²) in [5.41, 5.74) is 1.98. The highest BCUT2D eigenvalue weighted by Gasteiger charge is 2.36. The van der Waals surface area contributed by atoms with Crippen LogP contribution in [0, 0.1) is 17.0 Å². The number of pyridine rings is 1. The molecule has 12 heteroatoms. The number of nitrogens with one attached hydrogen (secondary N) is 1. The quantitative estimate of drug-likeness (QED) is 0.252. The molecule has 2 aromatic carbocycles. The molecule has 1 N–H and O–H groups in total. The molecule has 37 heavy (non-hydrogen) atoms. The monoisotopic (exact) mass is 520 g/mol. The molecule has 0 unspecified atom stereocenters. The maximum Gasteiger partial charge on any atom is 0.294 e. The predicted molar refractivity (Wildman–Crippen MR) is 136 cm³/mol. The van der Waals surface area contributed by atoms with Crippen molar-refractivity contribution in [1.29, 1.82) is 0 Å². The summed E-state index contributed by atoms with van der Waals surface area (Å²) in [6, 6.07) is 14.6. The van der Waals surface area contributed by atoms with Gasteiger partial charge in [-0.25, -0.2) is 4.98 Å². The molecule has 0 spiro atoms. The average Bonchev–Trinajstić information content (AvgIpc) is 3.13. The normalized spacial score (nSPS) is 14.1. The molecule has 188 valence electrons. The van der Waals surface area contributed by atoms with Crippen molar-refractivity contribution < 1.29 is 28.8 Å². The molecule has 4 rings (SSSR count). The highest BCUT2D eigenvalue weighted by Crippen LogP contribution is 2.36. The number of anilines is 1. The first-order valence-corrected chi connectivity index (χ1v) is 11.6. The standard InChI is InChI=1S/C25H20N4O7S/c1-15-3-6-17(7-4-15)27-22(30)14-28-24(31)21(37-25(28)32)12-16-5-9-19(20(11-16)35-2)36-23-10-8-18(13-26-23)29(33)34/h3-13H,14H2,1-2H3,(H,27,30). The van der Waals surface area contributed by atoms with E-state index in [4.69, 9.17) is 9.47 Å². The number of benzene rings is 2. The molecule has 3 aromatic rings. The summed E-state index contributed by atoms with van der Waals surface area (Å²) in [4.78, 5) is 52.8. The summed E-state index contributed by atoms with van der Waals surface area (Å²) in [6.07, 6.45) is 2.59. The van der Waals surface area contributed by atoms with Crippen LogP contribution in [0.5, 0.6) is 17.4 Å². The second-order valence-corrected chi connectivity index (χ2v) is 8.80. The highest BCUT2D eigenvalue weighted by atomic mass is 32.2. The molecular weight excluding hydrogens is 500 g/mol. The van der Waals surface area contributed by atoms with Crippen LogP contribution >= 0.6 is 11.8 Å². The molecule has 2 heterocycles. The van der Waals surface area contributed by atoms with Gasteiger partial charge >= 0.3 is 0 Å². The smallest absolute Gasteiger partial charge is 0.294 e. The molecule has 11 nitrogen and oxygen atoms in total. The van der Waals surface area contributed by atoms with Gasteiger partial charge in [-0.2, -0.15) is 0 Å². The molecule has 0 saturated carbocycles. The van der Waals surface area contributed by atoms with E-state index in [0.29, 0.717) is 22.7 Å². The van der Waals surface area contributed by atoms with Crippen molar-refractivity contribution >= 4 is 46.3 Å². The lowest BCUT2D eigenvalue weighted by Gasteiger charge is -2.12. The van der Waals surface area contributed by atoms with Gasteiger partial charge in [0.1, 0.15) is 12.7 Å². The maximum atomic E-state index is 12.8. The molecule has 0 aliphatic carbocycles. The van der Waals surface area contributed by atoms with E-state index in [0.717, 1.165) is 28.4 Å². The summed E-state index contributed by atoms with van der Waals surface area (Å²) >= 11 is 0.732. The lowest BCUT2D eigenvalue weighted by atomic mass is 10.2. The number of nitrogens with zero attached hydrogens (tertiary/aromatic N) is 3. The lowest BCUT2D eigenvalue weighted by Crippen LogP contribution is -2.36. The molecule has 3 amide bonds. The number of nitro groups is 1. The fourth-order valence-corrected chi connectivity index (χ4v) is 4.12. The number of thioether (sulfide) groups is 1. The number of imide groups is 1. The number of carbonyl (C=O) groups is 3. The number of aryl methyl sites for hydroxylation is 1. The van der Waals surface area contributed by atoms with Gasteiger partial charge in [0.15, 0.2) is 11.5 Å². The molecule has 1 aromatic heterocycles. The van der Waals surface area contributed by atoms with E-state index < -0.39 is 28.5 Å². The van der Waals surface area contributed by atoms with Crippen LogP contribution in [0.2, 0.25) is 0 Å². The Labute approximate surface area is 215 Å². The van der Waals surface area contributed by atoms with Crippen molar-refractivity contribution in [2.75, 3.05) is 19.0 Å². The van der Waals surface area contributed by atoms with Gasteiger partial charge in [-0.15, -0.1) is 0 Å². The Hall–Kier alpha value is -4.71. The number of carbonyl (C=O) groups excluding carboxylic acids is 3. The molecule has 0 radical (unpaired) electrons. The Bertz CT molecular complexity index is 1410. The highest BCUT2D eigenvalue weighted by molar-refractivity contribution is 8.18. The first-order valence-electron chi connectivity index (χ1n) is 10.8. The maximum absolute atomic E-state index is 12.8. The molecule has 1 aliphatic rings. The van der Waals surface area contributed by atoms with E-state index >= 15 is 0 Å². The minimum atomic E-state index is -0.580. The second-order valence-electron chi connectivity index (χ2n) is 7.81. The summed E-state index contributed by atoms with van der Waals surface area (Å²) in [5.74, 6) is -0.340. The fourth-order valence-electron chi connectivity index (χ4n) is 3.28. The Kier molecular flexibility index (Phi) is 7.49. The van der Waals surface area contributed by atoms with Crippen molar-refractivity contribution in [1.82, 2.24) is 9.88 Å². The van der Waals surface area contributed by atoms with Crippen molar-refractivity contribution in [3.8, 4) is 17.4 Å². The third-order valence-corrected chi connectivity index (χ3v) is 6.05. The minimum Gasteiger partial charge on any atom is -0.493 e. The first kappa shape index (κ1) is 25.4. The van der Waals surface area contributed by atoms with Gasteiger partial charge in [0, 0.05) is 17.8 Å². The predicted octanol–water partition coefficient (Wildman–Crippen LogP) is 4.77. The van der Waals surface area contributed by atoms with Crippen LogP contribution in [0.25, 0.3) is 6.08 Å². The van der Waals surface area contributed by atoms with Gasteiger partial charge in [0.25, 0.3) is 16.8 Å². The summed E-state index contributed by atoms with van der Waals surface area (Å²) in [6.45, 7) is 1.51. The average molecular weight is 521 g/mol. The Morgan fingerprint density at radius 3 is 2.54 bits per heavy atom. The van der Waals surface area contributed by atoms with Gasteiger partial charge in [-0.1, -0.05) is 23.8 Å².